The van der Waals surface area contributed by atoms with Crippen molar-refractivity contribution in [3.05, 3.63) is 35.4 Å². The highest BCUT2D eigenvalue weighted by Crippen LogP contribution is 2.20. The Morgan fingerprint density at radius 1 is 1.35 bits per heavy atom. The van der Waals surface area contributed by atoms with Crippen molar-refractivity contribution in [2.75, 3.05) is 20.2 Å². The lowest BCUT2D eigenvalue weighted by molar-refractivity contribution is -0.146. The molecule has 1 N–H and O–H groups in total. The molecule has 0 saturated carbocycles. The van der Waals surface area contributed by atoms with Gasteiger partial charge in [-0.2, -0.15) is 0 Å². The van der Waals surface area contributed by atoms with E-state index in [1.165, 1.54) is 7.11 Å². The van der Waals surface area contributed by atoms with Crippen LogP contribution in [-0.2, 0) is 16.1 Å². The van der Waals surface area contributed by atoms with E-state index in [9.17, 15) is 9.59 Å². The highest BCUT2D eigenvalue weighted by Gasteiger charge is 2.29. The molecule has 1 aromatic carbocycles. The standard InChI is InChI=1S/C15H19NO4/c1-20-15(19)13-3-2-8-16(9-13)14(18)12-6-4-11(10-17)5-7-12/h4-7,13,17H,2-3,8-10H2,1H3. The third-order valence-electron chi connectivity index (χ3n) is 3.63. The molecule has 0 spiro atoms. The second-order valence-corrected chi connectivity index (χ2v) is 4.97. The van der Waals surface area contributed by atoms with Crippen LogP contribution in [0.3, 0.4) is 0 Å². The van der Waals surface area contributed by atoms with E-state index in [0.29, 0.717) is 18.7 Å². The van der Waals surface area contributed by atoms with E-state index in [1.54, 1.807) is 29.2 Å². The molecule has 0 radical (unpaired) electrons. The molecule has 5 nitrogen and oxygen atoms in total. The normalized spacial score (nSPS) is 18.7. The Bertz CT molecular complexity index is 483. The molecule has 1 aromatic rings. The fourth-order valence-electron chi connectivity index (χ4n) is 2.46. The van der Waals surface area contributed by atoms with Gasteiger partial charge in [0.15, 0.2) is 0 Å². The van der Waals surface area contributed by atoms with Gasteiger partial charge < -0.3 is 14.7 Å². The van der Waals surface area contributed by atoms with Crippen molar-refractivity contribution >= 4 is 11.9 Å². The summed E-state index contributed by atoms with van der Waals surface area (Å²) in [5, 5.41) is 8.99. The number of esters is 1. The van der Waals surface area contributed by atoms with E-state index in [2.05, 4.69) is 0 Å². The molecule has 1 amide bonds. The first-order valence-electron chi connectivity index (χ1n) is 6.72. The van der Waals surface area contributed by atoms with Gasteiger partial charge in [-0.05, 0) is 30.5 Å². The zero-order chi connectivity index (χ0) is 14.5. The summed E-state index contributed by atoms with van der Waals surface area (Å²) in [6.07, 6.45) is 1.57. The van der Waals surface area contributed by atoms with E-state index >= 15 is 0 Å². The van der Waals surface area contributed by atoms with E-state index < -0.39 is 0 Å². The molecule has 2 rings (SSSR count). The number of methoxy groups -OCH3 is 1. The second kappa shape index (κ2) is 6.52. The van der Waals surface area contributed by atoms with Crippen LogP contribution < -0.4 is 0 Å². The Balaban J connectivity index is 2.05. The van der Waals surface area contributed by atoms with Crippen LogP contribution in [0.2, 0.25) is 0 Å². The molecule has 5 heteroatoms. The molecule has 0 aromatic heterocycles. The minimum absolute atomic E-state index is 0.0391. The maximum absolute atomic E-state index is 12.4. The Labute approximate surface area is 118 Å². The summed E-state index contributed by atoms with van der Waals surface area (Å²) < 4.78 is 4.75. The van der Waals surface area contributed by atoms with Gasteiger partial charge in [0.1, 0.15) is 0 Å². The minimum atomic E-state index is -0.252. The smallest absolute Gasteiger partial charge is 0.310 e. The number of benzene rings is 1. The number of piperidine rings is 1. The summed E-state index contributed by atoms with van der Waals surface area (Å²) in [4.78, 5) is 25.6. The lowest BCUT2D eigenvalue weighted by Crippen LogP contribution is -2.42. The van der Waals surface area contributed by atoms with Crippen LogP contribution in [0.25, 0.3) is 0 Å². The van der Waals surface area contributed by atoms with Crippen molar-refractivity contribution in [2.45, 2.75) is 19.4 Å². The molecule has 1 aliphatic heterocycles. The van der Waals surface area contributed by atoms with Gasteiger partial charge in [0.05, 0.1) is 19.6 Å². The molecular formula is C15H19NO4. The van der Waals surface area contributed by atoms with Crippen molar-refractivity contribution in [1.29, 1.82) is 0 Å². The maximum atomic E-state index is 12.4. The van der Waals surface area contributed by atoms with Crippen molar-refractivity contribution in [1.82, 2.24) is 4.90 Å². The zero-order valence-electron chi connectivity index (χ0n) is 11.5. The predicted octanol–water partition coefficient (Wildman–Crippen LogP) is 1.20. The average Bonchev–Trinajstić information content (AvgIpc) is 2.53. The van der Waals surface area contributed by atoms with Gasteiger partial charge in [0.25, 0.3) is 5.91 Å². The molecule has 1 unspecified atom stereocenters. The molecule has 1 atom stereocenters. The molecule has 108 valence electrons. The number of carbonyl (C=O) groups is 2. The number of hydrogen-bond donors (Lipinski definition) is 1. The van der Waals surface area contributed by atoms with Gasteiger partial charge in [-0.3, -0.25) is 9.59 Å². The molecule has 0 aliphatic carbocycles. The third-order valence-corrected chi connectivity index (χ3v) is 3.63. The van der Waals surface area contributed by atoms with Crippen LogP contribution in [0.5, 0.6) is 0 Å². The van der Waals surface area contributed by atoms with Gasteiger partial charge in [0, 0.05) is 18.7 Å². The topological polar surface area (TPSA) is 66.8 Å². The van der Waals surface area contributed by atoms with Crippen molar-refractivity contribution in [3.63, 3.8) is 0 Å². The zero-order valence-corrected chi connectivity index (χ0v) is 11.5. The number of hydrogen-bond acceptors (Lipinski definition) is 4. The first-order valence-corrected chi connectivity index (χ1v) is 6.72. The van der Waals surface area contributed by atoms with Gasteiger partial charge in [-0.15, -0.1) is 0 Å². The maximum Gasteiger partial charge on any atom is 0.310 e. The molecular weight excluding hydrogens is 258 g/mol. The average molecular weight is 277 g/mol. The first kappa shape index (κ1) is 14.5. The number of amides is 1. The Kier molecular flexibility index (Phi) is 4.74. The summed E-state index contributed by atoms with van der Waals surface area (Å²) >= 11 is 0. The highest BCUT2D eigenvalue weighted by molar-refractivity contribution is 5.94. The molecule has 0 bridgehead atoms. The van der Waals surface area contributed by atoms with Gasteiger partial charge in [0.2, 0.25) is 0 Å². The number of likely N-dealkylation sites (tertiary alicyclic amines) is 1. The number of rotatable bonds is 3. The van der Waals surface area contributed by atoms with E-state index in [0.717, 1.165) is 18.4 Å². The lowest BCUT2D eigenvalue weighted by Gasteiger charge is -2.31. The highest BCUT2D eigenvalue weighted by atomic mass is 16.5. The van der Waals surface area contributed by atoms with Crippen LogP contribution in [0.4, 0.5) is 0 Å². The van der Waals surface area contributed by atoms with Crippen LogP contribution in [0.1, 0.15) is 28.8 Å². The summed E-state index contributed by atoms with van der Waals surface area (Å²) in [5.41, 5.74) is 1.35. The van der Waals surface area contributed by atoms with Crippen molar-refractivity contribution < 1.29 is 19.4 Å². The monoisotopic (exact) mass is 277 g/mol. The molecule has 1 aliphatic rings. The molecule has 1 saturated heterocycles. The van der Waals surface area contributed by atoms with Crippen LogP contribution in [-0.4, -0.2) is 42.1 Å². The Morgan fingerprint density at radius 2 is 2.05 bits per heavy atom. The number of aliphatic hydroxyl groups excluding tert-OH is 1. The molecule has 1 heterocycles. The van der Waals surface area contributed by atoms with E-state index in [-0.39, 0.29) is 24.4 Å². The van der Waals surface area contributed by atoms with Crippen LogP contribution >= 0.6 is 0 Å². The van der Waals surface area contributed by atoms with Crippen molar-refractivity contribution in [2.24, 2.45) is 5.92 Å². The van der Waals surface area contributed by atoms with Gasteiger partial charge in [-0.1, -0.05) is 12.1 Å². The Morgan fingerprint density at radius 3 is 2.65 bits per heavy atom. The third kappa shape index (κ3) is 3.17. The van der Waals surface area contributed by atoms with Crippen molar-refractivity contribution in [3.8, 4) is 0 Å². The van der Waals surface area contributed by atoms with Crippen LogP contribution in [0.15, 0.2) is 24.3 Å². The number of ether oxygens (including phenoxy) is 1. The fraction of sp³-hybridized carbons (Fsp3) is 0.467. The first-order chi connectivity index (χ1) is 9.65. The summed E-state index contributed by atoms with van der Waals surface area (Å²) in [7, 11) is 1.37. The number of aliphatic hydroxyl groups is 1. The van der Waals surface area contributed by atoms with Gasteiger partial charge >= 0.3 is 5.97 Å². The lowest BCUT2D eigenvalue weighted by atomic mass is 9.97. The summed E-state index contributed by atoms with van der Waals surface area (Å²) in [5.74, 6) is -0.560. The number of carbonyl (C=O) groups excluding carboxylic acids is 2. The SMILES string of the molecule is COC(=O)C1CCCN(C(=O)c2ccc(CO)cc2)C1. The number of nitrogens with zero attached hydrogens (tertiary/aromatic N) is 1. The predicted molar refractivity (Wildman–Crippen MR) is 73.0 cm³/mol. The summed E-state index contributed by atoms with van der Waals surface area (Å²) in [6.45, 7) is 1.03. The van der Waals surface area contributed by atoms with E-state index in [4.69, 9.17) is 9.84 Å². The summed E-state index contributed by atoms with van der Waals surface area (Å²) in [6, 6.07) is 6.87. The molecule has 1 fully saturated rings. The van der Waals surface area contributed by atoms with Crippen LogP contribution in [0, 0.1) is 5.92 Å². The van der Waals surface area contributed by atoms with E-state index in [1.807, 2.05) is 0 Å². The second-order valence-electron chi connectivity index (χ2n) is 4.97. The largest absolute Gasteiger partial charge is 0.469 e. The molecule has 20 heavy (non-hydrogen) atoms. The quantitative estimate of drug-likeness (QED) is 0.843. The minimum Gasteiger partial charge on any atom is -0.469 e. The van der Waals surface area contributed by atoms with Gasteiger partial charge in [-0.25, -0.2) is 0 Å². The Hall–Kier alpha value is -1.88. The fourth-order valence-corrected chi connectivity index (χ4v) is 2.46.